The van der Waals surface area contributed by atoms with Crippen LogP contribution in [0.3, 0.4) is 0 Å². The Morgan fingerprint density at radius 3 is 2.83 bits per heavy atom. The zero-order valence-electron chi connectivity index (χ0n) is 17.6. The van der Waals surface area contributed by atoms with Crippen molar-refractivity contribution >= 4 is 17.6 Å². The molecule has 30 heavy (non-hydrogen) atoms. The molecule has 2 N–H and O–H groups in total. The molecule has 0 aliphatic heterocycles. The van der Waals surface area contributed by atoms with Crippen molar-refractivity contribution in [1.29, 1.82) is 0 Å². The van der Waals surface area contributed by atoms with E-state index in [0.717, 1.165) is 24.8 Å². The number of alkyl halides is 1. The van der Waals surface area contributed by atoms with Crippen LogP contribution in [-0.2, 0) is 42.2 Å². The number of ether oxygens (including phenoxy) is 2. The quantitative estimate of drug-likeness (QED) is 0.153. The van der Waals surface area contributed by atoms with Gasteiger partial charge in [-0.3, -0.25) is 4.79 Å². The molecule has 0 heterocycles. The van der Waals surface area contributed by atoms with Crippen molar-refractivity contribution < 1.29 is 57.2 Å². The van der Waals surface area contributed by atoms with E-state index in [0.29, 0.717) is 25.2 Å². The van der Waals surface area contributed by atoms with Crippen LogP contribution >= 0.6 is 11.6 Å². The summed E-state index contributed by atoms with van der Waals surface area (Å²) < 4.78 is 10.7. The molecule has 0 bridgehead atoms. The zero-order chi connectivity index (χ0) is 21.2. The summed E-state index contributed by atoms with van der Waals surface area (Å²) >= 11 is 6.48. The van der Waals surface area contributed by atoms with Gasteiger partial charge in [0, 0.05) is 50.4 Å². The minimum Gasteiger partial charge on any atom is -0.499 e. The van der Waals surface area contributed by atoms with Crippen molar-refractivity contribution in [3.05, 3.63) is 48.9 Å². The van der Waals surface area contributed by atoms with E-state index in [2.05, 4.69) is 19.1 Å². The second kappa shape index (κ2) is 14.6. The summed E-state index contributed by atoms with van der Waals surface area (Å²) in [6, 6.07) is 7.36. The average Bonchev–Trinajstić information content (AvgIpc) is 2.95. The van der Waals surface area contributed by atoms with E-state index in [1.54, 1.807) is 6.92 Å². The first-order chi connectivity index (χ1) is 13.9. The number of halogens is 1. The Balaban J connectivity index is 0.00000450. The number of carbonyl (C=O) groups is 1. The number of hydrogen-bond donors (Lipinski definition) is 2. The summed E-state index contributed by atoms with van der Waals surface area (Å²) in [5, 5.41) is 20.0. The van der Waals surface area contributed by atoms with Gasteiger partial charge in [-0.2, -0.15) is 0 Å². The molecule has 0 spiro atoms. The SMILES string of the molecule is [CH2-]COC(=O)CCC/C=C\C[C@@H]1[C@@H](COc2cccc(C(C)O)c2)[C@H](O)C[C@H]1Cl.[Y]. The van der Waals surface area contributed by atoms with Gasteiger partial charge >= 0.3 is 5.97 Å². The third-order valence-corrected chi connectivity index (χ3v) is 5.85. The van der Waals surface area contributed by atoms with E-state index in [1.165, 1.54) is 0 Å². The van der Waals surface area contributed by atoms with E-state index in [4.69, 9.17) is 21.1 Å². The van der Waals surface area contributed by atoms with Crippen molar-refractivity contribution in [3.63, 3.8) is 0 Å². The van der Waals surface area contributed by atoms with Crippen LogP contribution in [0.25, 0.3) is 0 Å². The van der Waals surface area contributed by atoms with Crippen LogP contribution in [0.2, 0.25) is 0 Å². The van der Waals surface area contributed by atoms with E-state index >= 15 is 0 Å². The molecule has 0 saturated heterocycles. The number of carbonyl (C=O) groups excluding carboxylic acids is 1. The molecule has 5 atom stereocenters. The van der Waals surface area contributed by atoms with Crippen molar-refractivity contribution in [2.24, 2.45) is 11.8 Å². The van der Waals surface area contributed by atoms with Crippen LogP contribution in [0.4, 0.5) is 0 Å². The molecule has 165 valence electrons. The Kier molecular flexibility index (Phi) is 13.4. The first kappa shape index (κ1) is 27.6. The Hall–Kier alpha value is -0.456. The maximum atomic E-state index is 11.3. The Morgan fingerprint density at radius 2 is 2.13 bits per heavy atom. The first-order valence-electron chi connectivity index (χ1n) is 10.2. The molecular formula is C23H32ClO5Y-. The molecule has 5 nitrogen and oxygen atoms in total. The van der Waals surface area contributed by atoms with E-state index in [9.17, 15) is 15.0 Å². The van der Waals surface area contributed by atoms with Gasteiger partial charge in [0.2, 0.25) is 0 Å². The fourth-order valence-corrected chi connectivity index (χ4v) is 4.14. The predicted molar refractivity (Wildman–Crippen MR) is 114 cm³/mol. The number of allylic oxidation sites excluding steroid dienone is 2. The number of rotatable bonds is 11. The molecule has 0 amide bonds. The molecule has 7 heteroatoms. The van der Waals surface area contributed by atoms with Gasteiger partial charge in [-0.1, -0.05) is 24.3 Å². The number of esters is 1. The normalized spacial score (nSPS) is 24.4. The van der Waals surface area contributed by atoms with Gasteiger partial charge in [-0.15, -0.1) is 11.6 Å². The summed E-state index contributed by atoms with van der Waals surface area (Å²) in [6.45, 7) is 5.74. The van der Waals surface area contributed by atoms with Crippen LogP contribution in [0.1, 0.15) is 50.7 Å². The molecule has 2 rings (SSSR count). The monoisotopic (exact) mass is 512 g/mol. The van der Waals surface area contributed by atoms with Crippen molar-refractivity contribution in [3.8, 4) is 5.75 Å². The molecule has 1 fully saturated rings. The zero-order valence-corrected chi connectivity index (χ0v) is 21.2. The van der Waals surface area contributed by atoms with Crippen LogP contribution in [0.5, 0.6) is 5.75 Å². The molecular weight excluding hydrogens is 481 g/mol. The van der Waals surface area contributed by atoms with E-state index < -0.39 is 12.2 Å². The van der Waals surface area contributed by atoms with E-state index in [-0.39, 0.29) is 62.5 Å². The largest absolute Gasteiger partial charge is 0.499 e. The molecule has 1 aromatic carbocycles. The fourth-order valence-electron chi connectivity index (χ4n) is 3.67. The smallest absolute Gasteiger partial charge is 0.303 e. The first-order valence-corrected chi connectivity index (χ1v) is 10.7. The average molecular weight is 513 g/mol. The number of aliphatic hydroxyl groups is 2. The maximum Gasteiger partial charge on any atom is 0.303 e. The predicted octanol–water partition coefficient (Wildman–Crippen LogP) is 4.21. The summed E-state index contributed by atoms with van der Waals surface area (Å²) in [5.41, 5.74) is 0.795. The number of aliphatic hydroxyl groups excluding tert-OH is 2. The summed E-state index contributed by atoms with van der Waals surface area (Å²) in [6.07, 6.45) is 6.31. The van der Waals surface area contributed by atoms with Crippen molar-refractivity contribution in [1.82, 2.24) is 0 Å². The number of unbranched alkanes of at least 4 members (excludes halogenated alkanes) is 1. The van der Waals surface area contributed by atoms with Crippen LogP contribution < -0.4 is 4.74 Å². The fraction of sp³-hybridized carbons (Fsp3) is 0.565. The molecule has 1 aliphatic carbocycles. The summed E-state index contributed by atoms with van der Waals surface area (Å²) in [4.78, 5) is 11.3. The topological polar surface area (TPSA) is 76.0 Å². The van der Waals surface area contributed by atoms with Crippen LogP contribution in [-0.4, -0.2) is 40.9 Å². The second-order valence-electron chi connectivity index (χ2n) is 7.53. The third kappa shape index (κ3) is 8.96. The molecule has 1 aromatic rings. The molecule has 1 radical (unpaired) electrons. The van der Waals surface area contributed by atoms with Gasteiger partial charge in [0.05, 0.1) is 18.8 Å². The Bertz CT molecular complexity index is 667. The van der Waals surface area contributed by atoms with Gasteiger partial charge in [0.15, 0.2) is 0 Å². The number of benzene rings is 1. The minimum atomic E-state index is -0.554. The van der Waals surface area contributed by atoms with Gasteiger partial charge in [-0.25, -0.2) is 0 Å². The molecule has 0 aromatic heterocycles. The Labute approximate surface area is 210 Å². The van der Waals surface area contributed by atoms with Crippen molar-refractivity contribution in [2.75, 3.05) is 13.2 Å². The summed E-state index contributed by atoms with van der Waals surface area (Å²) in [5.74, 6) is 0.533. The standard InChI is InChI=1S/C23H32ClO5.Y/c1-3-28-23(27)12-7-5-4-6-11-19-20(22(26)14-21(19)24)15-29-18-10-8-9-17(13-18)16(2)25;/h4,6,8-10,13,16,19-22,25-26H,1,3,5,7,11-12,14-15H2,2H3;/q-1;/b6-4-;/t16?,19-,20-,21-,22-;/m1./s1. The van der Waals surface area contributed by atoms with E-state index in [1.807, 2.05) is 24.3 Å². The number of hydrogen-bond acceptors (Lipinski definition) is 5. The molecule has 1 saturated carbocycles. The van der Waals surface area contributed by atoms with Crippen LogP contribution in [0, 0.1) is 18.8 Å². The van der Waals surface area contributed by atoms with Gasteiger partial charge in [-0.05, 0) is 62.8 Å². The van der Waals surface area contributed by atoms with Gasteiger partial charge in [0.1, 0.15) is 5.75 Å². The second-order valence-corrected chi connectivity index (χ2v) is 8.09. The van der Waals surface area contributed by atoms with Crippen molar-refractivity contribution in [2.45, 2.75) is 56.6 Å². The summed E-state index contributed by atoms with van der Waals surface area (Å²) in [7, 11) is 0. The minimum absolute atomic E-state index is 0. The maximum absolute atomic E-state index is 11.3. The van der Waals surface area contributed by atoms with Crippen LogP contribution in [0.15, 0.2) is 36.4 Å². The van der Waals surface area contributed by atoms with Gasteiger partial charge in [0.25, 0.3) is 0 Å². The third-order valence-electron chi connectivity index (χ3n) is 5.35. The molecule has 1 aliphatic rings. The Morgan fingerprint density at radius 1 is 1.37 bits per heavy atom. The van der Waals surface area contributed by atoms with Gasteiger partial charge < -0.3 is 26.6 Å². The molecule has 1 unspecified atom stereocenters.